The van der Waals surface area contributed by atoms with Gasteiger partial charge in [0.15, 0.2) is 0 Å². The molecule has 0 spiro atoms. The number of hydrogen-bond donors (Lipinski definition) is 2. The van der Waals surface area contributed by atoms with Crippen LogP contribution in [0.2, 0.25) is 0 Å². The number of likely N-dealkylation sites (N-methyl/N-ethyl adjacent to an activating group) is 1. The Kier molecular flexibility index (Phi) is 8.52. The van der Waals surface area contributed by atoms with Crippen molar-refractivity contribution in [3.63, 3.8) is 0 Å². The fourth-order valence-corrected chi connectivity index (χ4v) is 1.76. The molecule has 0 bridgehead atoms. The van der Waals surface area contributed by atoms with Crippen molar-refractivity contribution in [2.75, 3.05) is 20.2 Å². The summed E-state index contributed by atoms with van der Waals surface area (Å²) in [5, 5.41) is 5.44. The van der Waals surface area contributed by atoms with Crippen LogP contribution in [0.4, 0.5) is 0 Å². The number of benzene rings is 2. The van der Waals surface area contributed by atoms with Gasteiger partial charge in [-0.15, -0.1) is 24.8 Å². The predicted octanol–water partition coefficient (Wildman–Crippen LogP) is 2.74. The lowest BCUT2D eigenvalue weighted by molar-refractivity contribution is 0.319. The lowest BCUT2D eigenvalue weighted by atomic mass is 10.1. The lowest BCUT2D eigenvalue weighted by Gasteiger charge is -2.07. The molecule has 0 saturated carbocycles. The molecule has 19 heavy (non-hydrogen) atoms. The highest BCUT2D eigenvalue weighted by Gasteiger charge is 1.98. The van der Waals surface area contributed by atoms with E-state index in [0.29, 0.717) is 13.2 Å². The summed E-state index contributed by atoms with van der Waals surface area (Å²) in [5.74, 6) is 0.910. The zero-order valence-electron chi connectivity index (χ0n) is 10.9. The molecule has 0 atom stereocenters. The largest absolute Gasteiger partial charge is 0.492 e. The topological polar surface area (TPSA) is 47.3 Å². The number of ether oxygens (including phenoxy) is 1. The van der Waals surface area contributed by atoms with E-state index in [1.807, 2.05) is 13.1 Å². The van der Waals surface area contributed by atoms with Crippen LogP contribution in [0.25, 0.3) is 10.8 Å². The minimum absolute atomic E-state index is 0. The highest BCUT2D eigenvalue weighted by molar-refractivity contribution is 5.86. The molecule has 0 saturated heterocycles. The first-order chi connectivity index (χ1) is 8.33. The van der Waals surface area contributed by atoms with Crippen molar-refractivity contribution < 1.29 is 4.74 Å². The second-order valence-electron chi connectivity index (χ2n) is 4.00. The van der Waals surface area contributed by atoms with Crippen molar-refractivity contribution in [1.29, 1.82) is 0 Å². The molecular formula is C14H20Cl2N2O. The fourth-order valence-electron chi connectivity index (χ4n) is 1.76. The van der Waals surface area contributed by atoms with E-state index in [-0.39, 0.29) is 24.8 Å². The Balaban J connectivity index is 0.00000162. The van der Waals surface area contributed by atoms with Crippen LogP contribution < -0.4 is 15.8 Å². The summed E-state index contributed by atoms with van der Waals surface area (Å²) in [4.78, 5) is 0. The molecule has 2 aromatic carbocycles. The van der Waals surface area contributed by atoms with E-state index in [0.717, 1.165) is 17.9 Å². The Hall–Kier alpha value is -1.000. The van der Waals surface area contributed by atoms with Gasteiger partial charge >= 0.3 is 0 Å². The molecule has 0 aliphatic heterocycles. The van der Waals surface area contributed by atoms with Gasteiger partial charge in [-0.2, -0.15) is 0 Å². The normalized spacial score (nSPS) is 9.58. The molecule has 0 unspecified atom stereocenters. The van der Waals surface area contributed by atoms with Crippen molar-refractivity contribution in [3.8, 4) is 5.75 Å². The molecule has 106 valence electrons. The highest BCUT2D eigenvalue weighted by Crippen LogP contribution is 2.21. The van der Waals surface area contributed by atoms with Gasteiger partial charge in [0.2, 0.25) is 0 Å². The molecule has 0 heterocycles. The summed E-state index contributed by atoms with van der Waals surface area (Å²) < 4.78 is 5.62. The SMILES string of the molecule is CNCCOc1ccc2cc(CN)ccc2c1.Cl.Cl. The third-order valence-electron chi connectivity index (χ3n) is 2.73. The van der Waals surface area contributed by atoms with Crippen molar-refractivity contribution in [1.82, 2.24) is 5.32 Å². The van der Waals surface area contributed by atoms with E-state index < -0.39 is 0 Å². The fraction of sp³-hybridized carbons (Fsp3) is 0.286. The van der Waals surface area contributed by atoms with Gasteiger partial charge in [-0.1, -0.05) is 18.2 Å². The van der Waals surface area contributed by atoms with Gasteiger partial charge in [-0.05, 0) is 41.6 Å². The van der Waals surface area contributed by atoms with Gasteiger partial charge < -0.3 is 15.8 Å². The van der Waals surface area contributed by atoms with E-state index in [1.54, 1.807) is 0 Å². The molecule has 3 nitrogen and oxygen atoms in total. The zero-order valence-corrected chi connectivity index (χ0v) is 12.5. The van der Waals surface area contributed by atoms with Crippen LogP contribution in [0, 0.1) is 0 Å². The first-order valence-electron chi connectivity index (χ1n) is 5.83. The van der Waals surface area contributed by atoms with Crippen molar-refractivity contribution in [3.05, 3.63) is 42.0 Å². The van der Waals surface area contributed by atoms with Crippen molar-refractivity contribution in [2.45, 2.75) is 6.54 Å². The molecule has 3 N–H and O–H groups in total. The maximum atomic E-state index is 5.62. The Morgan fingerprint density at radius 2 is 1.74 bits per heavy atom. The van der Waals surface area contributed by atoms with Gasteiger partial charge in [0.25, 0.3) is 0 Å². The van der Waals surface area contributed by atoms with Crippen molar-refractivity contribution >= 4 is 35.6 Å². The maximum absolute atomic E-state index is 5.62. The molecule has 0 aromatic heterocycles. The monoisotopic (exact) mass is 302 g/mol. The van der Waals surface area contributed by atoms with Gasteiger partial charge in [-0.3, -0.25) is 0 Å². The Bertz CT molecular complexity index is 506. The average molecular weight is 303 g/mol. The van der Waals surface area contributed by atoms with Crippen LogP contribution in [0.3, 0.4) is 0 Å². The Morgan fingerprint density at radius 3 is 2.42 bits per heavy atom. The summed E-state index contributed by atoms with van der Waals surface area (Å²) in [6.45, 7) is 2.11. The second-order valence-corrected chi connectivity index (χ2v) is 4.00. The first kappa shape index (κ1) is 18.0. The average Bonchev–Trinajstić information content (AvgIpc) is 2.38. The summed E-state index contributed by atoms with van der Waals surface area (Å²) >= 11 is 0. The number of nitrogens with two attached hydrogens (primary N) is 1. The third kappa shape index (κ3) is 4.88. The van der Waals surface area contributed by atoms with Crippen LogP contribution in [-0.2, 0) is 6.54 Å². The molecular weight excluding hydrogens is 283 g/mol. The molecule has 0 radical (unpaired) electrons. The molecule has 5 heteroatoms. The number of rotatable bonds is 5. The van der Waals surface area contributed by atoms with Gasteiger partial charge in [0, 0.05) is 13.1 Å². The Morgan fingerprint density at radius 1 is 1.05 bits per heavy atom. The number of halogens is 2. The summed E-state index contributed by atoms with van der Waals surface area (Å²) in [5.41, 5.74) is 6.77. The number of nitrogens with one attached hydrogen (secondary N) is 1. The smallest absolute Gasteiger partial charge is 0.120 e. The predicted molar refractivity (Wildman–Crippen MR) is 85.8 cm³/mol. The lowest BCUT2D eigenvalue weighted by Crippen LogP contribution is -2.15. The van der Waals surface area contributed by atoms with Crippen LogP contribution in [0.5, 0.6) is 5.75 Å². The summed E-state index contributed by atoms with van der Waals surface area (Å²) in [7, 11) is 1.91. The summed E-state index contributed by atoms with van der Waals surface area (Å²) in [6, 6.07) is 12.4. The van der Waals surface area contributed by atoms with E-state index >= 15 is 0 Å². The van der Waals surface area contributed by atoms with Crippen LogP contribution >= 0.6 is 24.8 Å². The molecule has 0 aliphatic carbocycles. The maximum Gasteiger partial charge on any atom is 0.120 e. The van der Waals surface area contributed by atoms with Gasteiger partial charge in [0.1, 0.15) is 12.4 Å². The minimum atomic E-state index is 0. The quantitative estimate of drug-likeness (QED) is 0.835. The molecule has 0 amide bonds. The number of fused-ring (bicyclic) bond motifs is 1. The standard InChI is InChI=1S/C14H18N2O.2ClH/c1-16-6-7-17-14-5-4-12-8-11(10-15)2-3-13(12)9-14;;/h2-5,8-9,16H,6-7,10,15H2,1H3;2*1H. The zero-order chi connectivity index (χ0) is 12.1. The van der Waals surface area contributed by atoms with Crippen LogP contribution in [0.15, 0.2) is 36.4 Å². The first-order valence-corrected chi connectivity index (χ1v) is 5.83. The molecule has 2 rings (SSSR count). The van der Waals surface area contributed by atoms with E-state index in [9.17, 15) is 0 Å². The third-order valence-corrected chi connectivity index (χ3v) is 2.73. The number of hydrogen-bond acceptors (Lipinski definition) is 3. The van der Waals surface area contributed by atoms with Crippen LogP contribution in [-0.4, -0.2) is 20.2 Å². The molecule has 2 aromatic rings. The Labute approximate surface area is 126 Å². The van der Waals surface area contributed by atoms with E-state index in [4.69, 9.17) is 10.5 Å². The van der Waals surface area contributed by atoms with Gasteiger partial charge in [-0.25, -0.2) is 0 Å². The molecule has 0 fully saturated rings. The van der Waals surface area contributed by atoms with Gasteiger partial charge in [0.05, 0.1) is 0 Å². The van der Waals surface area contributed by atoms with E-state index in [1.165, 1.54) is 10.8 Å². The second kappa shape index (κ2) is 8.99. The highest BCUT2D eigenvalue weighted by atomic mass is 35.5. The molecule has 0 aliphatic rings. The summed E-state index contributed by atoms with van der Waals surface area (Å²) in [6.07, 6.45) is 0. The van der Waals surface area contributed by atoms with E-state index in [2.05, 4.69) is 35.6 Å². The minimum Gasteiger partial charge on any atom is -0.492 e. The van der Waals surface area contributed by atoms with Crippen molar-refractivity contribution in [2.24, 2.45) is 5.73 Å². The van der Waals surface area contributed by atoms with Crippen LogP contribution in [0.1, 0.15) is 5.56 Å².